The first-order valence-corrected chi connectivity index (χ1v) is 11.0. The molecule has 0 bridgehead atoms. The normalized spacial score (nSPS) is 13.2. The Labute approximate surface area is 185 Å². The third-order valence-corrected chi connectivity index (χ3v) is 4.96. The lowest BCUT2D eigenvalue weighted by Gasteiger charge is -2.21. The number of nitrogens with one attached hydrogen (secondary N) is 6. The van der Waals surface area contributed by atoms with E-state index in [1.807, 2.05) is 21.1 Å². The van der Waals surface area contributed by atoms with Gasteiger partial charge in [-0.25, -0.2) is 0 Å². The molecule has 0 aromatic carbocycles. The van der Waals surface area contributed by atoms with Gasteiger partial charge in [-0.05, 0) is 59.9 Å². The molecule has 4 radical (unpaired) electrons. The average molecular weight is 421 g/mol. The molecule has 0 aromatic rings. The molecule has 30 heavy (non-hydrogen) atoms. The summed E-state index contributed by atoms with van der Waals surface area (Å²) in [6.45, 7) is 4.27. The van der Waals surface area contributed by atoms with Crippen molar-refractivity contribution in [1.82, 2.24) is 36.6 Å². The van der Waals surface area contributed by atoms with Crippen molar-refractivity contribution in [1.29, 1.82) is 0 Å². The van der Waals surface area contributed by atoms with Crippen LogP contribution in [0, 0.1) is 0 Å². The molecule has 0 aromatic heterocycles. The van der Waals surface area contributed by atoms with E-state index in [9.17, 15) is 9.59 Å². The second-order valence-corrected chi connectivity index (χ2v) is 7.52. The van der Waals surface area contributed by atoms with E-state index >= 15 is 0 Å². The number of unbranched alkanes of at least 4 members (excludes halogenated alkanes) is 2. The largest absolute Gasteiger partial charge is 0.356 e. The molecule has 0 spiro atoms. The summed E-state index contributed by atoms with van der Waals surface area (Å²) < 4.78 is 0. The SMILES string of the molecule is [B]NC(CCCCNC)C(=O)NCCN(C)CCNC(=O)C(CCCCNC)N[B]. The third-order valence-electron chi connectivity index (χ3n) is 4.96. The molecular weight excluding hydrogens is 380 g/mol. The van der Waals surface area contributed by atoms with Crippen LogP contribution in [0.15, 0.2) is 0 Å². The van der Waals surface area contributed by atoms with E-state index in [2.05, 4.69) is 36.6 Å². The van der Waals surface area contributed by atoms with Gasteiger partial charge in [-0.1, -0.05) is 12.8 Å². The zero-order valence-electron chi connectivity index (χ0n) is 19.1. The van der Waals surface area contributed by atoms with Crippen LogP contribution in [0.3, 0.4) is 0 Å². The highest BCUT2D eigenvalue weighted by atomic mass is 16.2. The Bertz CT molecular complexity index is 409. The van der Waals surface area contributed by atoms with E-state index in [1.54, 1.807) is 0 Å². The molecule has 2 amide bonds. The summed E-state index contributed by atoms with van der Waals surface area (Å²) in [6.07, 6.45) is 5.28. The number of rotatable bonds is 20. The predicted molar refractivity (Wildman–Crippen MR) is 124 cm³/mol. The molecule has 0 aliphatic carbocycles. The number of carbonyl (C=O) groups excluding carboxylic acids is 2. The third kappa shape index (κ3) is 14.8. The molecule has 0 fully saturated rings. The minimum atomic E-state index is -0.375. The first-order valence-electron chi connectivity index (χ1n) is 11.0. The topological polar surface area (TPSA) is 110 Å². The van der Waals surface area contributed by atoms with Crippen LogP contribution in [0.4, 0.5) is 0 Å². The smallest absolute Gasteiger partial charge is 0.236 e. The molecule has 6 N–H and O–H groups in total. The van der Waals surface area contributed by atoms with Crippen molar-refractivity contribution >= 4 is 27.8 Å². The van der Waals surface area contributed by atoms with Gasteiger partial charge < -0.3 is 36.6 Å². The first kappa shape index (κ1) is 28.9. The lowest BCUT2D eigenvalue weighted by molar-refractivity contribution is -0.123. The number of likely N-dealkylation sites (N-methyl/N-ethyl adjacent to an activating group) is 1. The van der Waals surface area contributed by atoms with Crippen LogP contribution >= 0.6 is 0 Å². The second-order valence-electron chi connectivity index (χ2n) is 7.52. The molecule has 0 aliphatic rings. The Hall–Kier alpha value is -1.13. The van der Waals surface area contributed by atoms with Crippen LogP contribution in [0.25, 0.3) is 0 Å². The van der Waals surface area contributed by atoms with Gasteiger partial charge in [0.05, 0.1) is 12.1 Å². The highest BCUT2D eigenvalue weighted by Gasteiger charge is 2.16. The fraction of sp³-hybridized carbons (Fsp3) is 0.895. The molecule has 170 valence electrons. The number of amides is 2. The average Bonchev–Trinajstić information content (AvgIpc) is 2.73. The monoisotopic (exact) mass is 421 g/mol. The Morgan fingerprint density at radius 1 is 0.733 bits per heavy atom. The summed E-state index contributed by atoms with van der Waals surface area (Å²) >= 11 is 0. The van der Waals surface area contributed by atoms with Gasteiger partial charge in [0.15, 0.2) is 16.0 Å². The summed E-state index contributed by atoms with van der Waals surface area (Å²) in [5.41, 5.74) is 0. The van der Waals surface area contributed by atoms with Crippen molar-refractivity contribution in [3.63, 3.8) is 0 Å². The standard InChI is InChI=1S/C19H41B2N7O2/c1-22-10-6-4-8-16(26-20)18(29)24-12-14-28(3)15-13-25-19(30)17(27-21)9-5-7-11-23-2/h16-17,22-23,26-27H,4-15H2,1-3H3,(H,24,29)(H,25,30). The summed E-state index contributed by atoms with van der Waals surface area (Å²) in [5, 5.41) is 17.2. The van der Waals surface area contributed by atoms with Crippen molar-refractivity contribution < 1.29 is 9.59 Å². The molecule has 0 saturated carbocycles. The minimum Gasteiger partial charge on any atom is -0.356 e. The Balaban J connectivity index is 3.95. The van der Waals surface area contributed by atoms with Gasteiger partial charge in [-0.3, -0.25) is 9.59 Å². The van der Waals surface area contributed by atoms with Crippen molar-refractivity contribution in [3.8, 4) is 0 Å². The molecule has 0 rings (SSSR count). The summed E-state index contributed by atoms with van der Waals surface area (Å²) in [7, 11) is 16.8. The van der Waals surface area contributed by atoms with Gasteiger partial charge in [-0.2, -0.15) is 0 Å². The van der Waals surface area contributed by atoms with E-state index in [-0.39, 0.29) is 23.9 Å². The van der Waals surface area contributed by atoms with E-state index in [4.69, 9.17) is 16.0 Å². The van der Waals surface area contributed by atoms with Crippen LogP contribution in [-0.4, -0.2) is 105 Å². The number of nitrogens with zero attached hydrogens (tertiary/aromatic N) is 1. The molecule has 2 unspecified atom stereocenters. The van der Waals surface area contributed by atoms with Crippen molar-refractivity contribution in [3.05, 3.63) is 0 Å². The summed E-state index contributed by atoms with van der Waals surface area (Å²) in [6, 6.07) is -0.750. The van der Waals surface area contributed by atoms with Gasteiger partial charge in [0, 0.05) is 26.2 Å². The molecular formula is C19H41B2N7O2. The van der Waals surface area contributed by atoms with E-state index < -0.39 is 0 Å². The summed E-state index contributed by atoms with van der Waals surface area (Å²) in [4.78, 5) is 26.4. The van der Waals surface area contributed by atoms with Crippen molar-refractivity contribution in [2.75, 3.05) is 60.4 Å². The Kier molecular flexibility index (Phi) is 19.1. The predicted octanol–water partition coefficient (Wildman–Crippen LogP) is -1.99. The number of hydrogen-bond donors (Lipinski definition) is 6. The fourth-order valence-corrected chi connectivity index (χ4v) is 2.98. The molecule has 0 aliphatic heterocycles. The van der Waals surface area contributed by atoms with E-state index in [0.717, 1.165) is 38.8 Å². The molecule has 2 atom stereocenters. The second kappa shape index (κ2) is 19.8. The molecule has 9 nitrogen and oxygen atoms in total. The summed E-state index contributed by atoms with van der Waals surface area (Å²) in [5.74, 6) is -0.169. The highest BCUT2D eigenvalue weighted by Crippen LogP contribution is 2.01. The van der Waals surface area contributed by atoms with Crippen LogP contribution in [0.5, 0.6) is 0 Å². The number of carbonyl (C=O) groups is 2. The quantitative estimate of drug-likeness (QED) is 0.0999. The number of hydrogen-bond acceptors (Lipinski definition) is 7. The van der Waals surface area contributed by atoms with Gasteiger partial charge in [0.25, 0.3) is 0 Å². The fourth-order valence-electron chi connectivity index (χ4n) is 2.98. The van der Waals surface area contributed by atoms with Crippen LogP contribution in [-0.2, 0) is 9.59 Å². The van der Waals surface area contributed by atoms with Crippen molar-refractivity contribution in [2.45, 2.75) is 50.6 Å². The maximum absolute atomic E-state index is 12.2. The van der Waals surface area contributed by atoms with E-state index in [0.29, 0.717) is 39.0 Å². The van der Waals surface area contributed by atoms with Crippen LogP contribution in [0.2, 0.25) is 0 Å². The maximum atomic E-state index is 12.2. The molecule has 11 heteroatoms. The first-order chi connectivity index (χ1) is 14.5. The van der Waals surface area contributed by atoms with E-state index in [1.165, 1.54) is 0 Å². The van der Waals surface area contributed by atoms with Gasteiger partial charge in [0.1, 0.15) is 0 Å². The molecule has 0 heterocycles. The van der Waals surface area contributed by atoms with Gasteiger partial charge in [0.2, 0.25) is 11.8 Å². The van der Waals surface area contributed by atoms with Crippen LogP contribution in [0.1, 0.15) is 38.5 Å². The highest BCUT2D eigenvalue weighted by molar-refractivity contribution is 6.07. The molecule has 0 saturated heterocycles. The maximum Gasteiger partial charge on any atom is 0.236 e. The van der Waals surface area contributed by atoms with Gasteiger partial charge >= 0.3 is 0 Å². The Morgan fingerprint density at radius 3 is 1.47 bits per heavy atom. The lowest BCUT2D eigenvalue weighted by Crippen LogP contribution is -2.47. The Morgan fingerprint density at radius 2 is 1.13 bits per heavy atom. The van der Waals surface area contributed by atoms with Crippen molar-refractivity contribution in [2.24, 2.45) is 0 Å². The zero-order valence-corrected chi connectivity index (χ0v) is 19.1. The minimum absolute atomic E-state index is 0.0844. The zero-order chi connectivity index (χ0) is 22.6. The van der Waals surface area contributed by atoms with Gasteiger partial charge in [-0.15, -0.1) is 0 Å². The van der Waals surface area contributed by atoms with Crippen LogP contribution < -0.4 is 31.7 Å². The lowest BCUT2D eigenvalue weighted by atomic mass is 10.1.